The molecule has 1 fully saturated rings. The lowest BCUT2D eigenvalue weighted by molar-refractivity contribution is -0.0523. The fourth-order valence-electron chi connectivity index (χ4n) is 4.00. The van der Waals surface area contributed by atoms with Gasteiger partial charge in [0.05, 0.1) is 0 Å². The molecule has 6 nitrogen and oxygen atoms in total. The molecule has 1 aliphatic rings. The molecule has 31 heavy (non-hydrogen) atoms. The van der Waals surface area contributed by atoms with E-state index >= 15 is 0 Å². The van der Waals surface area contributed by atoms with E-state index in [2.05, 4.69) is 28.9 Å². The highest BCUT2D eigenvalue weighted by molar-refractivity contribution is 6.03. The van der Waals surface area contributed by atoms with Gasteiger partial charge in [0.25, 0.3) is 0 Å². The number of para-hydroxylation sites is 1. The van der Waals surface area contributed by atoms with Gasteiger partial charge in [0.1, 0.15) is 5.69 Å². The number of hydrogen-bond acceptors (Lipinski definition) is 4. The van der Waals surface area contributed by atoms with Crippen molar-refractivity contribution < 1.29 is 18.3 Å². The number of pyridine rings is 1. The number of carbonyl (C=O) groups excluding carboxylic acids is 1. The molecule has 1 aromatic carbocycles. The molecule has 3 N–H and O–H groups in total. The third-order valence-corrected chi connectivity index (χ3v) is 5.59. The zero-order valence-electron chi connectivity index (χ0n) is 18.1. The number of ether oxygens (including phenoxy) is 1. The molecule has 0 saturated heterocycles. The second-order valence-electron chi connectivity index (χ2n) is 8.27. The number of amides is 2. The van der Waals surface area contributed by atoms with Crippen LogP contribution in [0.3, 0.4) is 0 Å². The highest BCUT2D eigenvalue weighted by Gasteiger charge is 2.31. The number of alkyl halides is 2. The number of nitrogens with two attached hydrogens (primary N) is 1. The van der Waals surface area contributed by atoms with Crippen molar-refractivity contribution in [2.45, 2.75) is 71.1 Å². The molecule has 1 aromatic heterocycles. The van der Waals surface area contributed by atoms with Crippen LogP contribution in [0.4, 0.5) is 25.0 Å². The summed E-state index contributed by atoms with van der Waals surface area (Å²) < 4.78 is 30.3. The maximum atomic E-state index is 13.5. The summed E-state index contributed by atoms with van der Waals surface area (Å²) in [5.74, 6) is -0.0952. The van der Waals surface area contributed by atoms with Crippen LogP contribution in [0.5, 0.6) is 5.88 Å². The van der Waals surface area contributed by atoms with E-state index in [1.54, 1.807) is 17.9 Å². The SMILES string of the molecule is Cc1ccc(NC(=O)N(c2ccccc2C(C)C)C2CCC(N)CC2)c(OC(F)F)n1. The van der Waals surface area contributed by atoms with Gasteiger partial charge in [-0.3, -0.25) is 4.90 Å². The van der Waals surface area contributed by atoms with Crippen LogP contribution in [-0.2, 0) is 0 Å². The van der Waals surface area contributed by atoms with E-state index < -0.39 is 12.6 Å². The third kappa shape index (κ3) is 5.70. The van der Waals surface area contributed by atoms with E-state index in [0.717, 1.165) is 36.9 Å². The lowest BCUT2D eigenvalue weighted by Crippen LogP contribution is -2.47. The Hall–Kier alpha value is -2.74. The zero-order valence-corrected chi connectivity index (χ0v) is 18.1. The standard InChI is InChI=1S/C23H30F2N4O2/c1-14(2)18-6-4-5-7-20(18)29(17-11-9-16(26)10-12-17)23(30)28-19-13-8-15(3)27-21(19)31-22(24)25/h4-8,13-14,16-17,22H,9-12,26H2,1-3H3,(H,28,30). The van der Waals surface area contributed by atoms with Gasteiger partial charge in [-0.15, -0.1) is 0 Å². The van der Waals surface area contributed by atoms with Crippen molar-refractivity contribution >= 4 is 17.4 Å². The van der Waals surface area contributed by atoms with Gasteiger partial charge in [-0.25, -0.2) is 9.78 Å². The number of aryl methyl sites for hydroxylation is 1. The number of aromatic nitrogens is 1. The number of nitrogens with one attached hydrogen (secondary N) is 1. The van der Waals surface area contributed by atoms with E-state index in [-0.39, 0.29) is 29.6 Å². The summed E-state index contributed by atoms with van der Waals surface area (Å²) >= 11 is 0. The molecule has 1 heterocycles. The quantitative estimate of drug-likeness (QED) is 0.638. The van der Waals surface area contributed by atoms with E-state index in [4.69, 9.17) is 5.73 Å². The van der Waals surface area contributed by atoms with Crippen molar-refractivity contribution in [2.75, 3.05) is 10.2 Å². The molecule has 0 atom stereocenters. The molecular formula is C23H30F2N4O2. The van der Waals surface area contributed by atoms with Crippen molar-refractivity contribution in [1.29, 1.82) is 0 Å². The van der Waals surface area contributed by atoms with Crippen LogP contribution in [0, 0.1) is 6.92 Å². The smallest absolute Gasteiger partial charge is 0.388 e. The van der Waals surface area contributed by atoms with E-state index in [9.17, 15) is 13.6 Å². The van der Waals surface area contributed by atoms with Crippen LogP contribution in [-0.4, -0.2) is 29.7 Å². The number of urea groups is 1. The number of halogens is 2. The topological polar surface area (TPSA) is 80.5 Å². The van der Waals surface area contributed by atoms with Gasteiger partial charge < -0.3 is 15.8 Å². The molecule has 0 spiro atoms. The van der Waals surface area contributed by atoms with Gasteiger partial charge in [-0.1, -0.05) is 32.0 Å². The zero-order chi connectivity index (χ0) is 22.5. The minimum Gasteiger partial charge on any atom is -0.415 e. The molecule has 0 bridgehead atoms. The Bertz CT molecular complexity index is 899. The molecule has 0 aliphatic heterocycles. The first-order valence-electron chi connectivity index (χ1n) is 10.6. The number of carbonyl (C=O) groups is 1. The van der Waals surface area contributed by atoms with Gasteiger partial charge in [0.15, 0.2) is 0 Å². The average molecular weight is 433 g/mol. The number of hydrogen-bond donors (Lipinski definition) is 2. The molecule has 8 heteroatoms. The van der Waals surface area contributed by atoms with Gasteiger partial charge in [-0.2, -0.15) is 8.78 Å². The first-order chi connectivity index (χ1) is 14.8. The van der Waals surface area contributed by atoms with Gasteiger partial charge in [-0.05, 0) is 62.3 Å². The molecule has 3 rings (SSSR count). The maximum absolute atomic E-state index is 13.5. The molecule has 1 aliphatic carbocycles. The van der Waals surface area contributed by atoms with Crippen molar-refractivity contribution in [3.8, 4) is 5.88 Å². The molecule has 168 valence electrons. The van der Waals surface area contributed by atoms with E-state index in [0.29, 0.717) is 5.69 Å². The highest BCUT2D eigenvalue weighted by Crippen LogP contribution is 2.34. The molecule has 2 amide bonds. The summed E-state index contributed by atoms with van der Waals surface area (Å²) in [6, 6.07) is 10.6. The Morgan fingerprint density at radius 1 is 1.16 bits per heavy atom. The van der Waals surface area contributed by atoms with Crippen LogP contribution >= 0.6 is 0 Å². The molecule has 2 aromatic rings. The number of anilines is 2. The average Bonchev–Trinajstić information content (AvgIpc) is 2.71. The van der Waals surface area contributed by atoms with E-state index in [1.807, 2.05) is 24.3 Å². The van der Waals surface area contributed by atoms with Crippen LogP contribution < -0.4 is 20.7 Å². The second-order valence-corrected chi connectivity index (χ2v) is 8.27. The Labute approximate surface area is 181 Å². The monoisotopic (exact) mass is 432 g/mol. The first kappa shape index (κ1) is 22.9. The fourth-order valence-corrected chi connectivity index (χ4v) is 4.00. The van der Waals surface area contributed by atoms with Gasteiger partial charge in [0, 0.05) is 23.5 Å². The van der Waals surface area contributed by atoms with Crippen molar-refractivity contribution in [2.24, 2.45) is 5.73 Å². The predicted octanol–water partition coefficient (Wildman–Crippen LogP) is 5.42. The largest absolute Gasteiger partial charge is 0.415 e. The number of benzene rings is 1. The summed E-state index contributed by atoms with van der Waals surface area (Å²) in [5, 5.41) is 2.75. The maximum Gasteiger partial charge on any atom is 0.388 e. The minimum absolute atomic E-state index is 0.0439. The summed E-state index contributed by atoms with van der Waals surface area (Å²) in [7, 11) is 0. The summed E-state index contributed by atoms with van der Waals surface area (Å²) in [6.07, 6.45) is 3.19. The summed E-state index contributed by atoms with van der Waals surface area (Å²) in [6.45, 7) is 2.77. The Morgan fingerprint density at radius 3 is 2.48 bits per heavy atom. The van der Waals surface area contributed by atoms with Gasteiger partial charge in [0.2, 0.25) is 5.88 Å². The molecule has 0 unspecified atom stereocenters. The lowest BCUT2D eigenvalue weighted by Gasteiger charge is -2.37. The molecular weight excluding hydrogens is 402 g/mol. The van der Waals surface area contributed by atoms with Crippen LogP contribution in [0.1, 0.15) is 56.7 Å². The predicted molar refractivity (Wildman–Crippen MR) is 118 cm³/mol. The van der Waals surface area contributed by atoms with E-state index in [1.165, 1.54) is 6.07 Å². The number of rotatable bonds is 6. The molecule has 0 radical (unpaired) electrons. The Morgan fingerprint density at radius 2 is 1.84 bits per heavy atom. The van der Waals surface area contributed by atoms with Gasteiger partial charge >= 0.3 is 12.6 Å². The molecule has 1 saturated carbocycles. The van der Waals surface area contributed by atoms with Crippen molar-refractivity contribution in [3.05, 3.63) is 47.7 Å². The minimum atomic E-state index is -3.04. The fraction of sp³-hybridized carbons (Fsp3) is 0.478. The van der Waals surface area contributed by atoms with Crippen LogP contribution in [0.2, 0.25) is 0 Å². The Kier molecular flexibility index (Phi) is 7.43. The highest BCUT2D eigenvalue weighted by atomic mass is 19.3. The number of nitrogens with zero attached hydrogens (tertiary/aromatic N) is 2. The summed E-state index contributed by atoms with van der Waals surface area (Å²) in [5.41, 5.74) is 8.55. The second kappa shape index (κ2) is 10.0. The lowest BCUT2D eigenvalue weighted by atomic mass is 9.89. The van der Waals surface area contributed by atoms with Crippen LogP contribution in [0.15, 0.2) is 36.4 Å². The summed E-state index contributed by atoms with van der Waals surface area (Å²) in [4.78, 5) is 19.3. The normalized spacial score (nSPS) is 18.8. The van der Waals surface area contributed by atoms with Crippen LogP contribution in [0.25, 0.3) is 0 Å². The van der Waals surface area contributed by atoms with Crippen molar-refractivity contribution in [3.63, 3.8) is 0 Å². The first-order valence-corrected chi connectivity index (χ1v) is 10.6. The third-order valence-electron chi connectivity index (χ3n) is 5.59. The Balaban J connectivity index is 1.96. The van der Waals surface area contributed by atoms with Crippen molar-refractivity contribution in [1.82, 2.24) is 4.98 Å².